The van der Waals surface area contributed by atoms with E-state index < -0.39 is 6.10 Å². The molecule has 3 heterocycles. The van der Waals surface area contributed by atoms with Gasteiger partial charge >= 0.3 is 6.01 Å². The zero-order valence-corrected chi connectivity index (χ0v) is 16.1. The molecule has 0 spiro atoms. The van der Waals surface area contributed by atoms with Crippen LogP contribution in [-0.4, -0.2) is 40.0 Å². The number of aromatic nitrogens is 8. The molecule has 0 aliphatic carbocycles. The number of hydrogen-bond acceptors (Lipinski definition) is 7. The molecular formula is C19H20N8O. The molecule has 0 saturated heterocycles. The van der Waals surface area contributed by atoms with Gasteiger partial charge in [-0.2, -0.15) is 0 Å². The maximum Gasteiger partial charge on any atom is 0.317 e. The molecule has 9 heteroatoms. The fraction of sp³-hybridized carbons (Fsp3) is 0.263. The molecule has 0 aliphatic rings. The van der Waals surface area contributed by atoms with Crippen molar-refractivity contribution in [1.82, 2.24) is 40.0 Å². The van der Waals surface area contributed by atoms with Gasteiger partial charge in [0.15, 0.2) is 11.9 Å². The third-order valence-corrected chi connectivity index (χ3v) is 4.30. The van der Waals surface area contributed by atoms with E-state index in [2.05, 4.69) is 30.6 Å². The van der Waals surface area contributed by atoms with Gasteiger partial charge in [-0.3, -0.25) is 9.55 Å². The third-order valence-electron chi connectivity index (χ3n) is 4.30. The summed E-state index contributed by atoms with van der Waals surface area (Å²) in [5, 5.41) is 21.1. The number of rotatable bonds is 5. The van der Waals surface area contributed by atoms with Crippen molar-refractivity contribution in [2.75, 3.05) is 0 Å². The summed E-state index contributed by atoms with van der Waals surface area (Å²) in [5.41, 5.74) is 3.81. The van der Waals surface area contributed by atoms with Crippen molar-refractivity contribution in [2.24, 2.45) is 7.05 Å². The lowest BCUT2D eigenvalue weighted by atomic mass is 10.2. The van der Waals surface area contributed by atoms with E-state index in [4.69, 9.17) is 4.74 Å². The largest absolute Gasteiger partial charge is 0.452 e. The van der Waals surface area contributed by atoms with Crippen LogP contribution in [0.15, 0.2) is 42.6 Å². The first kappa shape index (κ1) is 17.8. The summed E-state index contributed by atoms with van der Waals surface area (Å²) in [6, 6.07) is 12.1. The Bertz CT molecular complexity index is 1120. The van der Waals surface area contributed by atoms with Crippen molar-refractivity contribution >= 4 is 0 Å². The molecule has 0 unspecified atom stereocenters. The number of pyridine rings is 1. The van der Waals surface area contributed by atoms with Crippen molar-refractivity contribution in [1.29, 1.82) is 0 Å². The van der Waals surface area contributed by atoms with Crippen LogP contribution in [0, 0.1) is 13.8 Å². The molecule has 9 nitrogen and oxygen atoms in total. The normalized spacial score (nSPS) is 12.1. The quantitative estimate of drug-likeness (QED) is 0.528. The monoisotopic (exact) mass is 376 g/mol. The van der Waals surface area contributed by atoms with Crippen LogP contribution < -0.4 is 4.74 Å². The Kier molecular flexibility index (Phi) is 4.56. The summed E-state index contributed by atoms with van der Waals surface area (Å²) in [6.07, 6.45) is 1.31. The lowest BCUT2D eigenvalue weighted by Gasteiger charge is -2.10. The molecule has 142 valence electrons. The van der Waals surface area contributed by atoms with E-state index in [-0.39, 0.29) is 0 Å². The second kappa shape index (κ2) is 7.18. The van der Waals surface area contributed by atoms with Crippen molar-refractivity contribution < 1.29 is 4.74 Å². The molecule has 0 amide bonds. The molecule has 28 heavy (non-hydrogen) atoms. The minimum absolute atomic E-state index is 0.379. The van der Waals surface area contributed by atoms with Gasteiger partial charge in [-0.15, -0.1) is 20.1 Å². The molecule has 0 N–H and O–H groups in total. The van der Waals surface area contributed by atoms with E-state index in [1.807, 2.05) is 64.2 Å². The number of aryl methyl sites for hydroxylation is 2. The predicted octanol–water partition coefficient (Wildman–Crippen LogP) is 2.61. The number of benzene rings is 1. The highest BCUT2D eigenvalue weighted by atomic mass is 16.5. The van der Waals surface area contributed by atoms with Crippen LogP contribution in [0.2, 0.25) is 0 Å². The van der Waals surface area contributed by atoms with Gasteiger partial charge in [0.2, 0.25) is 5.82 Å². The van der Waals surface area contributed by atoms with Crippen LogP contribution in [0.4, 0.5) is 0 Å². The van der Waals surface area contributed by atoms with Crippen LogP contribution in [0.3, 0.4) is 0 Å². The smallest absolute Gasteiger partial charge is 0.317 e. The Balaban J connectivity index is 1.54. The second-order valence-corrected chi connectivity index (χ2v) is 6.59. The maximum absolute atomic E-state index is 5.93. The summed E-state index contributed by atoms with van der Waals surface area (Å²) in [5.74, 6) is 1.16. The zero-order valence-electron chi connectivity index (χ0n) is 16.1. The zero-order chi connectivity index (χ0) is 19.7. The molecule has 1 atom stereocenters. The van der Waals surface area contributed by atoms with E-state index in [9.17, 15) is 0 Å². The van der Waals surface area contributed by atoms with Gasteiger partial charge in [-0.1, -0.05) is 17.2 Å². The second-order valence-electron chi connectivity index (χ2n) is 6.59. The topological polar surface area (TPSA) is 96.4 Å². The van der Waals surface area contributed by atoms with Gasteiger partial charge in [0, 0.05) is 24.5 Å². The predicted molar refractivity (Wildman–Crippen MR) is 102 cm³/mol. The van der Waals surface area contributed by atoms with Gasteiger partial charge in [0.25, 0.3) is 0 Å². The molecular weight excluding hydrogens is 356 g/mol. The van der Waals surface area contributed by atoms with Gasteiger partial charge in [-0.05, 0) is 55.8 Å². The van der Waals surface area contributed by atoms with Crippen LogP contribution in [0.1, 0.15) is 30.1 Å². The third kappa shape index (κ3) is 3.46. The highest BCUT2D eigenvalue weighted by Gasteiger charge is 2.19. The molecule has 4 rings (SSSR count). The summed E-state index contributed by atoms with van der Waals surface area (Å²) in [4.78, 5) is 5.70. The molecule has 0 saturated carbocycles. The maximum atomic E-state index is 5.93. The highest BCUT2D eigenvalue weighted by Crippen LogP contribution is 2.23. The Morgan fingerprint density at radius 3 is 2.68 bits per heavy atom. The number of nitrogens with zero attached hydrogens (tertiary/aromatic N) is 8. The minimum Gasteiger partial charge on any atom is -0.452 e. The Morgan fingerprint density at radius 2 is 1.89 bits per heavy atom. The molecule has 0 fully saturated rings. The van der Waals surface area contributed by atoms with Crippen molar-refractivity contribution in [3.05, 3.63) is 59.7 Å². The molecule has 0 radical (unpaired) electrons. The lowest BCUT2D eigenvalue weighted by Crippen LogP contribution is -2.09. The van der Waals surface area contributed by atoms with Crippen LogP contribution in [0.25, 0.3) is 17.1 Å². The number of hydrogen-bond donors (Lipinski definition) is 0. The summed E-state index contributed by atoms with van der Waals surface area (Å²) >= 11 is 0. The molecule has 1 aromatic carbocycles. The molecule has 4 aromatic rings. The van der Waals surface area contributed by atoms with Gasteiger partial charge in [0.1, 0.15) is 0 Å². The van der Waals surface area contributed by atoms with E-state index >= 15 is 0 Å². The number of ether oxygens (including phenoxy) is 1. The van der Waals surface area contributed by atoms with E-state index in [0.717, 1.165) is 22.5 Å². The van der Waals surface area contributed by atoms with E-state index in [0.29, 0.717) is 17.7 Å². The van der Waals surface area contributed by atoms with Gasteiger partial charge < -0.3 is 4.74 Å². The summed E-state index contributed by atoms with van der Waals surface area (Å²) in [6.45, 7) is 5.80. The Labute approximate surface area is 162 Å². The minimum atomic E-state index is -0.437. The SMILES string of the molecule is Cc1cccc(-n2nnc([C@@H](C)Oc3nnc(-c4ccnc(C)c4)n3C)n2)c1. The van der Waals surface area contributed by atoms with Crippen LogP contribution >= 0.6 is 0 Å². The van der Waals surface area contributed by atoms with Crippen molar-refractivity contribution in [3.63, 3.8) is 0 Å². The Morgan fingerprint density at radius 1 is 1.04 bits per heavy atom. The Hall–Kier alpha value is -3.62. The van der Waals surface area contributed by atoms with Crippen LogP contribution in [0.5, 0.6) is 6.01 Å². The summed E-state index contributed by atoms with van der Waals surface area (Å²) < 4.78 is 7.72. The van der Waals surface area contributed by atoms with Crippen molar-refractivity contribution in [2.45, 2.75) is 26.9 Å². The highest BCUT2D eigenvalue weighted by molar-refractivity contribution is 5.55. The van der Waals surface area contributed by atoms with Gasteiger partial charge in [0.05, 0.1) is 5.69 Å². The molecule has 0 bridgehead atoms. The first-order valence-corrected chi connectivity index (χ1v) is 8.87. The molecule has 3 aromatic heterocycles. The first-order valence-electron chi connectivity index (χ1n) is 8.87. The standard InChI is InChI=1S/C19H20N8O/c1-12-6-5-7-16(10-12)27-24-17(21-25-27)14(3)28-19-23-22-18(26(19)4)15-8-9-20-13(2)11-15/h5-11,14H,1-4H3/t14-/m1/s1. The fourth-order valence-corrected chi connectivity index (χ4v) is 2.81. The average Bonchev–Trinajstić information content (AvgIpc) is 3.30. The lowest BCUT2D eigenvalue weighted by molar-refractivity contribution is 0.190. The van der Waals surface area contributed by atoms with Gasteiger partial charge in [-0.25, -0.2) is 0 Å². The first-order chi connectivity index (χ1) is 13.5. The average molecular weight is 376 g/mol. The van der Waals surface area contributed by atoms with Crippen LogP contribution in [-0.2, 0) is 7.05 Å². The molecule has 0 aliphatic heterocycles. The van der Waals surface area contributed by atoms with Crippen molar-refractivity contribution in [3.8, 4) is 23.1 Å². The fourth-order valence-electron chi connectivity index (χ4n) is 2.81. The summed E-state index contributed by atoms with van der Waals surface area (Å²) in [7, 11) is 1.85. The number of tetrazole rings is 1. The van der Waals surface area contributed by atoms with E-state index in [1.54, 1.807) is 10.8 Å². The van der Waals surface area contributed by atoms with E-state index in [1.165, 1.54) is 4.80 Å².